The van der Waals surface area contributed by atoms with Crippen LogP contribution in [0, 0.1) is 0 Å². The molecule has 26 heavy (non-hydrogen) atoms. The third kappa shape index (κ3) is 2.92. The molecule has 1 fully saturated rings. The van der Waals surface area contributed by atoms with E-state index in [4.69, 9.17) is 9.31 Å². The summed E-state index contributed by atoms with van der Waals surface area (Å²) in [6.45, 7) is 8.39. The molecule has 4 rings (SSSR count). The summed E-state index contributed by atoms with van der Waals surface area (Å²) in [4.78, 5) is 1.25. The van der Waals surface area contributed by atoms with E-state index in [1.165, 1.54) is 21.6 Å². The number of rotatable bonds is 3. The number of hydrogen-bond acceptors (Lipinski definition) is 3. The van der Waals surface area contributed by atoms with Crippen molar-refractivity contribution in [1.82, 2.24) is 0 Å². The fraction of sp³-hybridized carbons (Fsp3) is 0.273. The minimum Gasteiger partial charge on any atom is -0.399 e. The Morgan fingerprint density at radius 2 is 1.23 bits per heavy atom. The Labute approximate surface area is 159 Å². The lowest BCUT2D eigenvalue weighted by molar-refractivity contribution is 0.00578. The van der Waals surface area contributed by atoms with E-state index in [0.717, 1.165) is 5.46 Å². The summed E-state index contributed by atoms with van der Waals surface area (Å²) in [5.41, 5.74) is 4.04. The lowest BCUT2D eigenvalue weighted by atomic mass is 9.76. The predicted octanol–water partition coefficient (Wildman–Crippen LogP) is 5.38. The Balaban J connectivity index is 1.86. The summed E-state index contributed by atoms with van der Waals surface area (Å²) >= 11 is 1.75. The zero-order valence-corrected chi connectivity index (χ0v) is 16.5. The highest BCUT2D eigenvalue weighted by Gasteiger charge is 2.52. The molecule has 2 aromatic carbocycles. The lowest BCUT2D eigenvalue weighted by Crippen LogP contribution is -2.41. The van der Waals surface area contributed by atoms with Crippen molar-refractivity contribution in [3.63, 3.8) is 0 Å². The van der Waals surface area contributed by atoms with E-state index in [0.29, 0.717) is 0 Å². The Bertz CT molecular complexity index is 884. The first-order chi connectivity index (χ1) is 12.4. The second kappa shape index (κ2) is 6.38. The summed E-state index contributed by atoms with van der Waals surface area (Å²) in [7, 11) is -0.357. The average Bonchev–Trinajstić information content (AvgIpc) is 3.15. The van der Waals surface area contributed by atoms with Gasteiger partial charge in [-0.2, -0.15) is 0 Å². The molecule has 0 unspecified atom stereocenters. The molecule has 0 aliphatic carbocycles. The van der Waals surface area contributed by atoms with Gasteiger partial charge in [0.15, 0.2) is 0 Å². The van der Waals surface area contributed by atoms with Crippen LogP contribution >= 0.6 is 11.3 Å². The molecular formula is C22H23BO2S. The van der Waals surface area contributed by atoms with Gasteiger partial charge in [-0.05, 0) is 44.2 Å². The van der Waals surface area contributed by atoms with Crippen molar-refractivity contribution in [2.45, 2.75) is 38.9 Å². The van der Waals surface area contributed by atoms with E-state index in [9.17, 15) is 0 Å². The first-order valence-electron chi connectivity index (χ1n) is 8.97. The van der Waals surface area contributed by atoms with Crippen molar-refractivity contribution in [2.75, 3.05) is 0 Å². The van der Waals surface area contributed by atoms with E-state index >= 15 is 0 Å². The molecule has 4 heteroatoms. The molecule has 0 spiro atoms. The van der Waals surface area contributed by atoms with E-state index in [-0.39, 0.29) is 18.3 Å². The van der Waals surface area contributed by atoms with Crippen molar-refractivity contribution in [3.05, 3.63) is 66.0 Å². The van der Waals surface area contributed by atoms with Crippen molar-refractivity contribution in [1.29, 1.82) is 0 Å². The summed E-state index contributed by atoms with van der Waals surface area (Å²) in [5, 5.41) is 2.19. The highest BCUT2D eigenvalue weighted by Crippen LogP contribution is 2.40. The van der Waals surface area contributed by atoms with Crippen LogP contribution in [-0.2, 0) is 9.31 Å². The molecule has 1 aliphatic rings. The molecule has 132 valence electrons. The molecule has 1 saturated heterocycles. The first-order valence-corrected chi connectivity index (χ1v) is 9.85. The molecule has 0 amide bonds. The molecule has 0 bridgehead atoms. The molecule has 3 aromatic rings. The molecular weight excluding hydrogens is 339 g/mol. The van der Waals surface area contributed by atoms with Gasteiger partial charge in [0.05, 0.1) is 11.2 Å². The molecule has 0 atom stereocenters. The van der Waals surface area contributed by atoms with Crippen LogP contribution < -0.4 is 5.46 Å². The zero-order chi connectivity index (χ0) is 18.4. The number of thiophene rings is 1. The fourth-order valence-corrected chi connectivity index (χ4v) is 4.32. The van der Waals surface area contributed by atoms with Crippen LogP contribution in [0.25, 0.3) is 21.6 Å². The van der Waals surface area contributed by atoms with Crippen molar-refractivity contribution in [2.24, 2.45) is 0 Å². The van der Waals surface area contributed by atoms with Crippen LogP contribution in [-0.4, -0.2) is 18.3 Å². The van der Waals surface area contributed by atoms with Gasteiger partial charge < -0.3 is 9.31 Å². The van der Waals surface area contributed by atoms with Gasteiger partial charge in [-0.25, -0.2) is 0 Å². The third-order valence-corrected chi connectivity index (χ3v) is 6.47. The molecule has 1 aromatic heterocycles. The van der Waals surface area contributed by atoms with Crippen molar-refractivity contribution in [3.8, 4) is 21.6 Å². The Morgan fingerprint density at radius 1 is 0.731 bits per heavy atom. The second-order valence-electron chi connectivity index (χ2n) is 7.72. The van der Waals surface area contributed by atoms with Gasteiger partial charge >= 0.3 is 7.12 Å². The van der Waals surface area contributed by atoms with Gasteiger partial charge in [-0.15, -0.1) is 11.3 Å². The summed E-state index contributed by atoms with van der Waals surface area (Å²) < 4.78 is 12.7. The van der Waals surface area contributed by atoms with Gasteiger partial charge in [-0.1, -0.05) is 60.7 Å². The van der Waals surface area contributed by atoms with Crippen LogP contribution in [0.15, 0.2) is 66.0 Å². The van der Waals surface area contributed by atoms with Crippen molar-refractivity contribution < 1.29 is 9.31 Å². The first kappa shape index (κ1) is 17.5. The lowest BCUT2D eigenvalue weighted by Gasteiger charge is -2.32. The van der Waals surface area contributed by atoms with Gasteiger partial charge in [-0.3, -0.25) is 0 Å². The highest BCUT2D eigenvalue weighted by atomic mass is 32.1. The molecule has 2 nitrogen and oxygen atoms in total. The number of benzene rings is 2. The maximum atomic E-state index is 6.35. The Morgan fingerprint density at radius 3 is 1.77 bits per heavy atom. The van der Waals surface area contributed by atoms with Crippen LogP contribution in [0.2, 0.25) is 0 Å². The van der Waals surface area contributed by atoms with E-state index < -0.39 is 0 Å². The molecule has 0 N–H and O–H groups in total. The van der Waals surface area contributed by atoms with E-state index in [2.05, 4.69) is 87.7 Å². The predicted molar refractivity (Wildman–Crippen MR) is 111 cm³/mol. The number of hydrogen-bond donors (Lipinski definition) is 0. The van der Waals surface area contributed by atoms with Crippen LogP contribution in [0.1, 0.15) is 27.7 Å². The second-order valence-corrected chi connectivity index (χ2v) is 8.60. The van der Waals surface area contributed by atoms with E-state index in [1.54, 1.807) is 11.3 Å². The largest absolute Gasteiger partial charge is 0.496 e. The molecule has 2 heterocycles. The minimum absolute atomic E-state index is 0.347. The topological polar surface area (TPSA) is 18.5 Å². The Hall–Kier alpha value is -1.88. The van der Waals surface area contributed by atoms with Crippen molar-refractivity contribution >= 4 is 23.9 Å². The maximum Gasteiger partial charge on any atom is 0.496 e. The summed E-state index contributed by atoms with van der Waals surface area (Å²) in [6.07, 6.45) is 0. The van der Waals surface area contributed by atoms with Crippen LogP contribution in [0.5, 0.6) is 0 Å². The normalized spacial score (nSPS) is 18.2. The van der Waals surface area contributed by atoms with Crippen LogP contribution in [0.3, 0.4) is 0 Å². The van der Waals surface area contributed by atoms with E-state index in [1.807, 2.05) is 6.07 Å². The average molecular weight is 362 g/mol. The summed E-state index contributed by atoms with van der Waals surface area (Å²) in [5.74, 6) is 0. The standard InChI is InChI=1S/C22H23BO2S/c1-21(2)22(3,4)25-23(24-21)18-15-26-20(17-13-9-6-10-14-17)19(18)16-11-7-5-8-12-16/h5-15H,1-4H3. The minimum atomic E-state index is -0.357. The molecule has 0 saturated carbocycles. The van der Waals surface area contributed by atoms with Gasteiger partial charge in [0.2, 0.25) is 0 Å². The van der Waals surface area contributed by atoms with Gasteiger partial charge in [0, 0.05) is 15.9 Å². The highest BCUT2D eigenvalue weighted by molar-refractivity contribution is 7.15. The molecule has 1 aliphatic heterocycles. The smallest absolute Gasteiger partial charge is 0.399 e. The monoisotopic (exact) mass is 362 g/mol. The zero-order valence-electron chi connectivity index (χ0n) is 15.7. The van der Waals surface area contributed by atoms with Gasteiger partial charge in [0.1, 0.15) is 0 Å². The fourth-order valence-electron chi connectivity index (χ4n) is 3.22. The van der Waals surface area contributed by atoms with Crippen LogP contribution in [0.4, 0.5) is 0 Å². The quantitative estimate of drug-likeness (QED) is 0.583. The maximum absolute atomic E-state index is 6.35. The SMILES string of the molecule is CC1(C)OB(c2csc(-c3ccccc3)c2-c2ccccc2)OC1(C)C. The summed E-state index contributed by atoms with van der Waals surface area (Å²) in [6, 6.07) is 21.0. The van der Waals surface area contributed by atoms with Gasteiger partial charge in [0.25, 0.3) is 0 Å². The third-order valence-electron chi connectivity index (χ3n) is 5.43. The molecule has 0 radical (unpaired) electrons. The Kier molecular flexibility index (Phi) is 4.30.